The molecular formula is C18H17F3N3O2S-. The van der Waals surface area contributed by atoms with Crippen molar-refractivity contribution >= 4 is 22.4 Å². The van der Waals surface area contributed by atoms with E-state index in [0.29, 0.717) is 10.8 Å². The van der Waals surface area contributed by atoms with Crippen LogP contribution in [-0.2, 0) is 6.18 Å². The molecule has 0 unspecified atom stereocenters. The molecule has 144 valence electrons. The Kier molecular flexibility index (Phi) is 5.94. The summed E-state index contributed by atoms with van der Waals surface area (Å²) >= 11 is 1.40. The Labute approximate surface area is 157 Å². The lowest BCUT2D eigenvalue weighted by Crippen LogP contribution is -2.12. The highest BCUT2D eigenvalue weighted by atomic mass is 32.1. The topological polar surface area (TPSA) is 78.9 Å². The van der Waals surface area contributed by atoms with Crippen molar-refractivity contribution in [3.8, 4) is 5.69 Å². The molecule has 2 heterocycles. The number of aromatic carboxylic acids is 1. The van der Waals surface area contributed by atoms with E-state index in [1.165, 1.54) is 47.1 Å². The van der Waals surface area contributed by atoms with E-state index < -0.39 is 17.7 Å². The van der Waals surface area contributed by atoms with Gasteiger partial charge in [-0.25, -0.2) is 4.79 Å². The van der Waals surface area contributed by atoms with E-state index >= 15 is 0 Å². The van der Waals surface area contributed by atoms with Crippen LogP contribution in [-0.4, -0.2) is 20.6 Å². The number of carboxylic acids is 1. The molecule has 3 aromatic rings. The lowest BCUT2D eigenvalue weighted by atomic mass is 10.1. The zero-order chi connectivity index (χ0) is 20.4. The van der Waals surface area contributed by atoms with Crippen LogP contribution >= 0.6 is 11.3 Å². The summed E-state index contributed by atoms with van der Waals surface area (Å²) in [7, 11) is 0. The maximum absolute atomic E-state index is 13.0. The van der Waals surface area contributed by atoms with Gasteiger partial charge in [0.1, 0.15) is 0 Å². The smallest absolute Gasteiger partial charge is 0.418 e. The highest BCUT2D eigenvalue weighted by molar-refractivity contribution is 7.15. The van der Waals surface area contributed by atoms with E-state index in [1.807, 2.05) is 6.92 Å². The fraction of sp³-hybridized carbons (Fsp3) is 0.222. The minimum atomic E-state index is -4.50. The molecule has 5 nitrogen and oxygen atoms in total. The van der Waals surface area contributed by atoms with Crippen molar-refractivity contribution in [2.45, 2.75) is 26.9 Å². The van der Waals surface area contributed by atoms with Gasteiger partial charge in [-0.3, -0.25) is 0 Å². The first-order chi connectivity index (χ1) is 12.5. The van der Waals surface area contributed by atoms with Crippen LogP contribution in [0, 0.1) is 20.8 Å². The number of hydrogen-bond donors (Lipinski definition) is 1. The second kappa shape index (κ2) is 7.83. The summed E-state index contributed by atoms with van der Waals surface area (Å²) in [6.07, 6.45) is -2.80. The molecule has 1 aromatic carbocycles. The minimum absolute atomic E-state index is 0.000484. The molecule has 0 saturated carbocycles. The molecule has 3 rings (SSSR count). The number of alkyl halides is 3. The van der Waals surface area contributed by atoms with Gasteiger partial charge >= 0.3 is 12.1 Å². The van der Waals surface area contributed by atoms with Gasteiger partial charge in [0.05, 0.1) is 16.8 Å². The van der Waals surface area contributed by atoms with Crippen molar-refractivity contribution in [1.82, 2.24) is 9.55 Å². The Bertz CT molecular complexity index is 945. The third kappa shape index (κ3) is 4.68. The second-order valence-corrected chi connectivity index (χ2v) is 6.95. The Balaban J connectivity index is 0.000000313. The average Bonchev–Trinajstić information content (AvgIpc) is 3.09. The largest absolute Gasteiger partial charge is 0.478 e. The predicted molar refractivity (Wildman–Crippen MR) is 98.0 cm³/mol. The Morgan fingerprint density at radius 3 is 2.26 bits per heavy atom. The monoisotopic (exact) mass is 396 g/mol. The van der Waals surface area contributed by atoms with E-state index in [2.05, 4.69) is 4.98 Å². The van der Waals surface area contributed by atoms with Crippen LogP contribution in [0.25, 0.3) is 11.4 Å². The first-order valence-electron chi connectivity index (χ1n) is 7.75. The number of rotatable bonds is 2. The highest BCUT2D eigenvalue weighted by Crippen LogP contribution is 2.35. The molecule has 0 radical (unpaired) electrons. The maximum Gasteiger partial charge on any atom is 0.418 e. The standard InChI is InChI=1S/C14H12F3NO2.C4H5N2S/c1-8-7-10(13(19)20)9(2)18(8)12-6-4-3-5-11(12)14(15,16)17;1-3-2-6-4(5)7-3/h3-7H,1-2H3,(H,19,20);2H,1H3,(H-,5,6)/q;-1. The summed E-state index contributed by atoms with van der Waals surface area (Å²) in [4.78, 5) is 15.9. The molecule has 0 amide bonds. The van der Waals surface area contributed by atoms with Crippen LogP contribution in [0.15, 0.2) is 36.5 Å². The molecule has 0 aliphatic heterocycles. The molecule has 2 N–H and O–H groups in total. The molecule has 2 aromatic heterocycles. The summed E-state index contributed by atoms with van der Waals surface area (Å²) in [5, 5.41) is 9.44. The number of thiazole rings is 1. The number of carboxylic acid groups (broad SMARTS) is 1. The van der Waals surface area contributed by atoms with Gasteiger partial charge in [-0.05, 0) is 49.0 Å². The number of para-hydroxylation sites is 1. The first-order valence-corrected chi connectivity index (χ1v) is 8.57. The van der Waals surface area contributed by atoms with Gasteiger partial charge in [0.25, 0.3) is 0 Å². The predicted octanol–water partition coefficient (Wildman–Crippen LogP) is 5.95. The lowest BCUT2D eigenvalue weighted by molar-refractivity contribution is -0.137. The number of aromatic nitrogens is 2. The van der Waals surface area contributed by atoms with Crippen LogP contribution in [0.3, 0.4) is 0 Å². The molecule has 0 bridgehead atoms. The second-order valence-electron chi connectivity index (χ2n) is 5.72. The summed E-state index contributed by atoms with van der Waals surface area (Å²) in [5.74, 6) is -1.16. The molecule has 0 atom stereocenters. The van der Waals surface area contributed by atoms with Crippen molar-refractivity contribution in [1.29, 1.82) is 0 Å². The Morgan fingerprint density at radius 2 is 1.85 bits per heavy atom. The van der Waals surface area contributed by atoms with Gasteiger partial charge in [0.15, 0.2) is 0 Å². The molecule has 27 heavy (non-hydrogen) atoms. The number of nitrogens with zero attached hydrogens (tertiary/aromatic N) is 2. The summed E-state index contributed by atoms with van der Waals surface area (Å²) < 4.78 is 40.4. The minimum Gasteiger partial charge on any atom is -0.478 e. The Morgan fingerprint density at radius 1 is 1.22 bits per heavy atom. The summed E-state index contributed by atoms with van der Waals surface area (Å²) in [5.41, 5.74) is 6.77. The van der Waals surface area contributed by atoms with Gasteiger partial charge in [0.2, 0.25) is 0 Å². The maximum atomic E-state index is 13.0. The average molecular weight is 396 g/mol. The summed E-state index contributed by atoms with van der Waals surface area (Å²) in [6, 6.07) is 6.47. The molecule has 0 saturated heterocycles. The third-order valence-corrected chi connectivity index (χ3v) is 4.46. The fourth-order valence-electron chi connectivity index (χ4n) is 2.61. The van der Waals surface area contributed by atoms with Gasteiger partial charge in [-0.2, -0.15) is 24.5 Å². The zero-order valence-corrected chi connectivity index (χ0v) is 15.6. The highest BCUT2D eigenvalue weighted by Gasteiger charge is 2.34. The molecule has 0 aliphatic carbocycles. The third-order valence-electron chi connectivity index (χ3n) is 3.73. The fourth-order valence-corrected chi connectivity index (χ4v) is 3.13. The number of hydrogen-bond acceptors (Lipinski definition) is 3. The van der Waals surface area contributed by atoms with Crippen molar-refractivity contribution < 1.29 is 23.1 Å². The van der Waals surface area contributed by atoms with Crippen molar-refractivity contribution in [3.05, 3.63) is 69.7 Å². The normalized spacial score (nSPS) is 11.0. The SMILES string of the molecule is Cc1cc(C(=O)O)c(C)n1-c1ccccc1C(F)(F)F.Cc1cnc([NH-])s1. The van der Waals surface area contributed by atoms with Crippen LogP contribution in [0.4, 0.5) is 18.3 Å². The first kappa shape index (κ1) is 20.5. The number of halogens is 3. The van der Waals surface area contributed by atoms with Gasteiger partial charge < -0.3 is 20.4 Å². The molecule has 0 aliphatic rings. The van der Waals surface area contributed by atoms with Crippen LogP contribution in [0.2, 0.25) is 0 Å². The van der Waals surface area contributed by atoms with E-state index in [4.69, 9.17) is 10.8 Å². The van der Waals surface area contributed by atoms with E-state index in [1.54, 1.807) is 13.1 Å². The molecule has 9 heteroatoms. The summed E-state index contributed by atoms with van der Waals surface area (Å²) in [6.45, 7) is 5.01. The molecular weight excluding hydrogens is 379 g/mol. The number of benzene rings is 1. The van der Waals surface area contributed by atoms with E-state index in [9.17, 15) is 18.0 Å². The van der Waals surface area contributed by atoms with Crippen LogP contribution in [0.5, 0.6) is 0 Å². The van der Waals surface area contributed by atoms with Crippen LogP contribution in [0.1, 0.15) is 32.2 Å². The number of carbonyl (C=O) groups is 1. The van der Waals surface area contributed by atoms with Crippen molar-refractivity contribution in [2.24, 2.45) is 0 Å². The lowest BCUT2D eigenvalue weighted by Gasteiger charge is -2.16. The zero-order valence-electron chi connectivity index (χ0n) is 14.8. The Hall–Kier alpha value is -2.81. The number of aryl methyl sites for hydroxylation is 2. The quantitative estimate of drug-likeness (QED) is 0.582. The van der Waals surface area contributed by atoms with Gasteiger partial charge in [0, 0.05) is 11.4 Å². The van der Waals surface area contributed by atoms with Crippen molar-refractivity contribution in [2.75, 3.05) is 0 Å². The number of nitrogens with one attached hydrogen (secondary N) is 1. The molecule has 0 spiro atoms. The van der Waals surface area contributed by atoms with E-state index in [-0.39, 0.29) is 16.9 Å². The molecule has 0 fully saturated rings. The van der Waals surface area contributed by atoms with Gasteiger partial charge in [-0.15, -0.1) is 0 Å². The van der Waals surface area contributed by atoms with E-state index in [0.717, 1.165) is 10.9 Å². The van der Waals surface area contributed by atoms with Gasteiger partial charge in [-0.1, -0.05) is 18.3 Å². The van der Waals surface area contributed by atoms with Crippen molar-refractivity contribution in [3.63, 3.8) is 0 Å². The van der Waals surface area contributed by atoms with Crippen LogP contribution < -0.4 is 0 Å².